The Morgan fingerprint density at radius 3 is 2.92 bits per heavy atom. The summed E-state index contributed by atoms with van der Waals surface area (Å²) in [7, 11) is 0. The summed E-state index contributed by atoms with van der Waals surface area (Å²) < 4.78 is 10.6. The van der Waals surface area contributed by atoms with Crippen LogP contribution in [0.3, 0.4) is 0 Å². The highest BCUT2D eigenvalue weighted by molar-refractivity contribution is 5.92. The monoisotopic (exact) mass is 168 g/mol. The van der Waals surface area contributed by atoms with Gasteiger partial charge in [-0.15, -0.1) is 0 Å². The third kappa shape index (κ3) is 0.894. The van der Waals surface area contributed by atoms with Crippen molar-refractivity contribution >= 4 is 5.97 Å². The zero-order valence-electron chi connectivity index (χ0n) is 7.35. The van der Waals surface area contributed by atoms with Crippen molar-refractivity contribution in [2.75, 3.05) is 6.61 Å². The van der Waals surface area contributed by atoms with Crippen molar-refractivity contribution in [2.45, 2.75) is 32.5 Å². The lowest BCUT2D eigenvalue weighted by Crippen LogP contribution is -2.35. The minimum absolute atomic E-state index is 0.227. The van der Waals surface area contributed by atoms with E-state index in [9.17, 15) is 4.79 Å². The molecule has 0 saturated carbocycles. The van der Waals surface area contributed by atoms with Gasteiger partial charge in [0.05, 0.1) is 6.61 Å². The first-order valence-electron chi connectivity index (χ1n) is 4.21. The molecule has 3 nitrogen and oxygen atoms in total. The summed E-state index contributed by atoms with van der Waals surface area (Å²) in [5.41, 5.74) is 1.76. The topological polar surface area (TPSA) is 35.5 Å². The molecule has 1 fully saturated rings. The van der Waals surface area contributed by atoms with Gasteiger partial charge in [-0.2, -0.15) is 0 Å². The van der Waals surface area contributed by atoms with E-state index in [1.165, 1.54) is 0 Å². The molecule has 1 unspecified atom stereocenters. The van der Waals surface area contributed by atoms with Gasteiger partial charge in [0.25, 0.3) is 0 Å². The van der Waals surface area contributed by atoms with Gasteiger partial charge < -0.3 is 9.47 Å². The largest absolute Gasteiger partial charge is 0.426 e. The van der Waals surface area contributed by atoms with Gasteiger partial charge in [0.1, 0.15) is 0 Å². The highest BCUT2D eigenvalue weighted by Crippen LogP contribution is 2.39. The van der Waals surface area contributed by atoms with Crippen molar-refractivity contribution < 1.29 is 14.3 Å². The molecule has 0 aliphatic carbocycles. The second kappa shape index (κ2) is 2.33. The van der Waals surface area contributed by atoms with Crippen LogP contribution in [0.15, 0.2) is 11.1 Å². The zero-order chi connectivity index (χ0) is 8.77. The molecule has 0 aromatic carbocycles. The van der Waals surface area contributed by atoms with E-state index in [1.54, 1.807) is 6.92 Å². The predicted molar refractivity (Wildman–Crippen MR) is 42.4 cm³/mol. The van der Waals surface area contributed by atoms with Crippen molar-refractivity contribution in [1.82, 2.24) is 0 Å². The molecule has 2 rings (SSSR count). The maximum atomic E-state index is 11.2. The van der Waals surface area contributed by atoms with E-state index < -0.39 is 5.79 Å². The number of fused-ring (bicyclic) bond motifs is 1. The lowest BCUT2D eigenvalue weighted by atomic mass is 9.97. The molecule has 0 bridgehead atoms. The molecule has 2 aliphatic heterocycles. The van der Waals surface area contributed by atoms with Crippen LogP contribution in [-0.2, 0) is 14.3 Å². The van der Waals surface area contributed by atoms with Crippen molar-refractivity contribution in [3.63, 3.8) is 0 Å². The Balaban J connectivity index is 2.40. The minimum atomic E-state index is -0.737. The lowest BCUT2D eigenvalue weighted by Gasteiger charge is -2.30. The van der Waals surface area contributed by atoms with Crippen molar-refractivity contribution in [1.29, 1.82) is 0 Å². The maximum absolute atomic E-state index is 11.2. The van der Waals surface area contributed by atoms with Crippen LogP contribution in [0.1, 0.15) is 26.7 Å². The van der Waals surface area contributed by atoms with Gasteiger partial charge in [-0.05, 0) is 19.8 Å². The smallest absolute Gasteiger partial charge is 0.336 e. The summed E-state index contributed by atoms with van der Waals surface area (Å²) in [6, 6.07) is 0. The molecule has 1 saturated heterocycles. The Bertz CT molecular complexity index is 267. The van der Waals surface area contributed by atoms with E-state index in [2.05, 4.69) is 0 Å². The summed E-state index contributed by atoms with van der Waals surface area (Å²) in [6.45, 7) is 4.30. The van der Waals surface area contributed by atoms with E-state index in [1.807, 2.05) is 6.92 Å². The first-order valence-corrected chi connectivity index (χ1v) is 4.21. The van der Waals surface area contributed by atoms with E-state index in [0.717, 1.165) is 24.0 Å². The number of carbonyl (C=O) groups excluding carboxylic acids is 1. The van der Waals surface area contributed by atoms with Gasteiger partial charge in [-0.1, -0.05) is 0 Å². The van der Waals surface area contributed by atoms with Crippen LogP contribution in [0, 0.1) is 0 Å². The number of ether oxygens (including phenoxy) is 2. The fourth-order valence-corrected chi connectivity index (χ4v) is 1.83. The van der Waals surface area contributed by atoms with Crippen molar-refractivity contribution in [3.8, 4) is 0 Å². The molecule has 0 amide bonds. The second-order valence-electron chi connectivity index (χ2n) is 3.39. The van der Waals surface area contributed by atoms with E-state index >= 15 is 0 Å². The van der Waals surface area contributed by atoms with E-state index in [4.69, 9.17) is 9.47 Å². The lowest BCUT2D eigenvalue weighted by molar-refractivity contribution is -0.201. The van der Waals surface area contributed by atoms with Gasteiger partial charge in [0.2, 0.25) is 5.79 Å². The molecule has 3 heteroatoms. The summed E-state index contributed by atoms with van der Waals surface area (Å²) in [5.74, 6) is -0.964. The number of hydrogen-bond donors (Lipinski definition) is 0. The molecule has 2 heterocycles. The average molecular weight is 168 g/mol. The van der Waals surface area contributed by atoms with Gasteiger partial charge in [-0.25, -0.2) is 4.79 Å². The maximum Gasteiger partial charge on any atom is 0.336 e. The molecule has 0 radical (unpaired) electrons. The third-order valence-electron chi connectivity index (χ3n) is 2.54. The Labute approximate surface area is 71.3 Å². The molecule has 66 valence electrons. The Morgan fingerprint density at radius 2 is 2.25 bits per heavy atom. The standard InChI is InChI=1S/C9H12O3/c1-6-7-4-3-5-11-9(7,2)12-8(6)10/h3-5H2,1-2H3. The molecular formula is C9H12O3. The van der Waals surface area contributed by atoms with E-state index in [-0.39, 0.29) is 5.97 Å². The average Bonchev–Trinajstić information content (AvgIpc) is 2.24. The predicted octanol–water partition coefficient (Wildman–Crippen LogP) is 1.39. The quantitative estimate of drug-likeness (QED) is 0.513. The summed E-state index contributed by atoms with van der Waals surface area (Å²) in [6.07, 6.45) is 1.91. The van der Waals surface area contributed by atoms with Crippen LogP contribution >= 0.6 is 0 Å². The Hall–Kier alpha value is -0.830. The fourth-order valence-electron chi connectivity index (χ4n) is 1.83. The number of esters is 1. The molecular weight excluding hydrogens is 156 g/mol. The van der Waals surface area contributed by atoms with Crippen LogP contribution in [0.5, 0.6) is 0 Å². The van der Waals surface area contributed by atoms with Crippen LogP contribution in [0.4, 0.5) is 0 Å². The summed E-state index contributed by atoms with van der Waals surface area (Å²) >= 11 is 0. The molecule has 0 N–H and O–H groups in total. The Kier molecular flexibility index (Phi) is 1.51. The highest BCUT2D eigenvalue weighted by atomic mass is 16.7. The molecule has 1 atom stereocenters. The number of hydrogen-bond acceptors (Lipinski definition) is 3. The fraction of sp³-hybridized carbons (Fsp3) is 0.667. The summed E-state index contributed by atoms with van der Waals surface area (Å²) in [4.78, 5) is 11.2. The molecule has 0 aromatic heterocycles. The molecule has 0 aromatic rings. The van der Waals surface area contributed by atoms with E-state index in [0.29, 0.717) is 6.61 Å². The Morgan fingerprint density at radius 1 is 1.50 bits per heavy atom. The van der Waals surface area contributed by atoms with Crippen molar-refractivity contribution in [2.24, 2.45) is 0 Å². The summed E-state index contributed by atoms with van der Waals surface area (Å²) in [5, 5.41) is 0. The van der Waals surface area contributed by atoms with Gasteiger partial charge in [0.15, 0.2) is 0 Å². The first kappa shape index (κ1) is 7.80. The van der Waals surface area contributed by atoms with Crippen LogP contribution in [0.25, 0.3) is 0 Å². The highest BCUT2D eigenvalue weighted by Gasteiger charge is 2.44. The molecule has 12 heavy (non-hydrogen) atoms. The van der Waals surface area contributed by atoms with Crippen LogP contribution < -0.4 is 0 Å². The zero-order valence-corrected chi connectivity index (χ0v) is 7.35. The number of rotatable bonds is 0. The minimum Gasteiger partial charge on any atom is -0.426 e. The third-order valence-corrected chi connectivity index (χ3v) is 2.54. The first-order chi connectivity index (χ1) is 5.63. The number of carbonyl (C=O) groups is 1. The normalized spacial score (nSPS) is 35.0. The molecule has 0 spiro atoms. The van der Waals surface area contributed by atoms with Gasteiger partial charge in [-0.3, -0.25) is 0 Å². The van der Waals surface area contributed by atoms with Crippen LogP contribution in [0.2, 0.25) is 0 Å². The van der Waals surface area contributed by atoms with Gasteiger partial charge >= 0.3 is 5.97 Å². The SMILES string of the molecule is CC1=C2CCCOC2(C)OC1=O. The molecule has 2 aliphatic rings. The second-order valence-corrected chi connectivity index (χ2v) is 3.39. The van der Waals surface area contributed by atoms with Crippen molar-refractivity contribution in [3.05, 3.63) is 11.1 Å². The van der Waals surface area contributed by atoms with Gasteiger partial charge in [0, 0.05) is 18.1 Å². The van der Waals surface area contributed by atoms with Crippen LogP contribution in [-0.4, -0.2) is 18.4 Å².